The van der Waals surface area contributed by atoms with E-state index in [0.717, 1.165) is 0 Å². The maximum absolute atomic E-state index is 10.5. The first-order chi connectivity index (χ1) is 4.04. The molecule has 0 unspecified atom stereocenters. The van der Waals surface area contributed by atoms with Crippen LogP contribution in [0.25, 0.3) is 0 Å². The first-order valence-electron chi connectivity index (χ1n) is 2.82. The molecule has 0 fully saturated rings. The molecule has 1 amide bonds. The molecule has 0 aromatic rings. The number of carbonyl (C=O) groups is 2. The van der Waals surface area contributed by atoms with Crippen molar-refractivity contribution in [1.82, 2.24) is 0 Å². The van der Waals surface area contributed by atoms with Gasteiger partial charge in [0.15, 0.2) is 0 Å². The molecule has 2 N–H and O–H groups in total. The fraction of sp³-hybridized carbons (Fsp3) is 0.667. The van der Waals surface area contributed by atoms with E-state index in [1.54, 1.807) is 6.92 Å². The molecule has 0 spiro atoms. The predicted octanol–water partition coefficient (Wildman–Crippen LogP) is 0.0869. The van der Waals surface area contributed by atoms with Crippen molar-refractivity contribution in [3.05, 3.63) is 0 Å². The van der Waals surface area contributed by atoms with Gasteiger partial charge in [-0.1, -0.05) is 6.92 Å². The highest BCUT2D eigenvalue weighted by molar-refractivity contribution is 5.84. The molecule has 0 aromatic heterocycles. The molecule has 0 aliphatic heterocycles. The van der Waals surface area contributed by atoms with E-state index in [4.69, 9.17) is 5.73 Å². The summed E-state index contributed by atoms with van der Waals surface area (Å²) >= 11 is 0. The summed E-state index contributed by atoms with van der Waals surface area (Å²) in [5.74, 6) is -0.631. The summed E-state index contributed by atoms with van der Waals surface area (Å²) in [4.78, 5) is 20.7. The van der Waals surface area contributed by atoms with Crippen molar-refractivity contribution in [2.24, 2.45) is 11.7 Å². The number of primary amides is 1. The zero-order valence-electron chi connectivity index (χ0n) is 5.68. The molecule has 3 heteroatoms. The topological polar surface area (TPSA) is 60.2 Å². The van der Waals surface area contributed by atoms with Gasteiger partial charge in [-0.3, -0.25) is 9.59 Å². The fourth-order valence-corrected chi connectivity index (χ4v) is 0.446. The van der Waals surface area contributed by atoms with Crippen LogP contribution in [0.5, 0.6) is 0 Å². The predicted molar refractivity (Wildman–Crippen MR) is 33.7 cm³/mol. The van der Waals surface area contributed by atoms with Crippen LogP contribution in [0.4, 0.5) is 0 Å². The van der Waals surface area contributed by atoms with Crippen LogP contribution in [0.1, 0.15) is 20.3 Å². The molecule has 0 aliphatic carbocycles. The molecule has 1 atom stereocenters. The van der Waals surface area contributed by atoms with Crippen molar-refractivity contribution in [1.29, 1.82) is 0 Å². The van der Waals surface area contributed by atoms with E-state index >= 15 is 0 Å². The Morgan fingerprint density at radius 2 is 2.00 bits per heavy atom. The summed E-state index contributed by atoms with van der Waals surface area (Å²) in [5, 5.41) is 0. The zero-order valence-corrected chi connectivity index (χ0v) is 5.68. The normalized spacial score (nSPS) is 12.7. The lowest BCUT2D eigenvalue weighted by atomic mass is 10.0. The number of hydrogen-bond acceptors (Lipinski definition) is 2. The number of rotatable bonds is 3. The smallest absolute Gasteiger partial charge is 0.218 e. The summed E-state index contributed by atoms with van der Waals surface area (Å²) in [6, 6.07) is 0. The molecule has 3 nitrogen and oxygen atoms in total. The summed E-state index contributed by atoms with van der Waals surface area (Å²) < 4.78 is 0. The minimum atomic E-state index is -0.419. The molecule has 0 heterocycles. The van der Waals surface area contributed by atoms with Gasteiger partial charge in [-0.2, -0.15) is 0 Å². The highest BCUT2D eigenvalue weighted by Crippen LogP contribution is 2.00. The second kappa shape index (κ2) is 3.22. The van der Waals surface area contributed by atoms with Crippen molar-refractivity contribution >= 4 is 11.7 Å². The Morgan fingerprint density at radius 3 is 2.11 bits per heavy atom. The average Bonchev–Trinajstić information content (AvgIpc) is 1.63. The highest BCUT2D eigenvalue weighted by Gasteiger charge is 2.09. The van der Waals surface area contributed by atoms with E-state index in [9.17, 15) is 9.59 Å². The Labute approximate surface area is 54.2 Å². The Hall–Kier alpha value is -0.860. The molecule has 0 saturated carbocycles. The monoisotopic (exact) mass is 129 g/mol. The van der Waals surface area contributed by atoms with Crippen molar-refractivity contribution in [3.63, 3.8) is 0 Å². The molecule has 0 radical (unpaired) electrons. The van der Waals surface area contributed by atoms with Crippen LogP contribution in [0, 0.1) is 5.92 Å². The van der Waals surface area contributed by atoms with Gasteiger partial charge in [0.1, 0.15) is 5.78 Å². The highest BCUT2D eigenvalue weighted by atomic mass is 16.1. The molecule has 0 aliphatic rings. The van der Waals surface area contributed by atoms with Crippen LogP contribution >= 0.6 is 0 Å². The maximum atomic E-state index is 10.5. The summed E-state index contributed by atoms with van der Waals surface area (Å²) in [6.45, 7) is 3.14. The quantitative estimate of drug-likeness (QED) is 0.587. The largest absolute Gasteiger partial charge is 0.370 e. The minimum absolute atomic E-state index is 0.00815. The third kappa shape index (κ3) is 3.70. The second-order valence-corrected chi connectivity index (χ2v) is 2.18. The maximum Gasteiger partial charge on any atom is 0.218 e. The minimum Gasteiger partial charge on any atom is -0.370 e. The van der Waals surface area contributed by atoms with Gasteiger partial charge in [-0.05, 0) is 6.92 Å². The lowest BCUT2D eigenvalue weighted by Crippen LogP contribution is -2.18. The summed E-state index contributed by atoms with van der Waals surface area (Å²) in [7, 11) is 0. The van der Waals surface area contributed by atoms with Crippen LogP contribution in [0.2, 0.25) is 0 Å². The van der Waals surface area contributed by atoms with Gasteiger partial charge < -0.3 is 5.73 Å². The van der Waals surface area contributed by atoms with Crippen LogP contribution in [0.15, 0.2) is 0 Å². The standard InChI is InChI=1S/C6H11NO2/c1-4(5(2)8)3-6(7)9/h4H,3H2,1-2H3,(H2,7,9)/t4-/m0/s1. The van der Waals surface area contributed by atoms with Crippen LogP contribution in [-0.4, -0.2) is 11.7 Å². The lowest BCUT2D eigenvalue weighted by molar-refractivity contribution is -0.125. The van der Waals surface area contributed by atoms with E-state index in [1.165, 1.54) is 6.92 Å². The Kier molecular flexibility index (Phi) is 2.91. The van der Waals surface area contributed by atoms with Gasteiger partial charge in [-0.15, -0.1) is 0 Å². The van der Waals surface area contributed by atoms with Gasteiger partial charge in [-0.25, -0.2) is 0 Å². The zero-order chi connectivity index (χ0) is 7.44. The van der Waals surface area contributed by atoms with Gasteiger partial charge in [0.05, 0.1) is 0 Å². The van der Waals surface area contributed by atoms with Crippen LogP contribution in [0.3, 0.4) is 0 Å². The molecule has 0 saturated heterocycles. The number of hydrogen-bond donors (Lipinski definition) is 1. The van der Waals surface area contributed by atoms with Gasteiger partial charge in [0.2, 0.25) is 5.91 Å². The molecule has 0 rings (SSSR count). The van der Waals surface area contributed by atoms with E-state index in [-0.39, 0.29) is 18.1 Å². The van der Waals surface area contributed by atoms with Gasteiger partial charge in [0, 0.05) is 12.3 Å². The summed E-state index contributed by atoms with van der Waals surface area (Å²) in [5.41, 5.74) is 4.84. The third-order valence-electron chi connectivity index (χ3n) is 1.20. The van der Waals surface area contributed by atoms with Gasteiger partial charge in [0.25, 0.3) is 0 Å². The Morgan fingerprint density at radius 1 is 1.56 bits per heavy atom. The van der Waals surface area contributed by atoms with Crippen molar-refractivity contribution in [3.8, 4) is 0 Å². The van der Waals surface area contributed by atoms with E-state index < -0.39 is 5.91 Å². The number of nitrogens with two attached hydrogens (primary N) is 1. The number of amides is 1. The number of carbonyl (C=O) groups excluding carboxylic acids is 2. The number of Topliss-reactive ketones (excluding diaryl/α,β-unsaturated/α-hetero) is 1. The number of ketones is 1. The Balaban J connectivity index is 3.63. The SMILES string of the molecule is CC(=O)[C@@H](C)CC(N)=O. The molecular weight excluding hydrogens is 118 g/mol. The van der Waals surface area contributed by atoms with Crippen LogP contribution in [-0.2, 0) is 9.59 Å². The van der Waals surface area contributed by atoms with Crippen molar-refractivity contribution < 1.29 is 9.59 Å². The average molecular weight is 129 g/mol. The van der Waals surface area contributed by atoms with Crippen molar-refractivity contribution in [2.45, 2.75) is 20.3 Å². The fourth-order valence-electron chi connectivity index (χ4n) is 0.446. The third-order valence-corrected chi connectivity index (χ3v) is 1.20. The Bertz CT molecular complexity index is 131. The summed E-state index contributed by atoms with van der Waals surface area (Å²) in [6.07, 6.45) is 0.162. The molecular formula is C6H11NO2. The van der Waals surface area contributed by atoms with Crippen molar-refractivity contribution in [2.75, 3.05) is 0 Å². The van der Waals surface area contributed by atoms with Gasteiger partial charge >= 0.3 is 0 Å². The van der Waals surface area contributed by atoms with E-state index in [1.807, 2.05) is 0 Å². The molecule has 9 heavy (non-hydrogen) atoms. The molecule has 52 valence electrons. The first kappa shape index (κ1) is 8.14. The first-order valence-corrected chi connectivity index (χ1v) is 2.82. The van der Waals surface area contributed by atoms with E-state index in [2.05, 4.69) is 0 Å². The van der Waals surface area contributed by atoms with E-state index in [0.29, 0.717) is 0 Å². The lowest BCUT2D eigenvalue weighted by Gasteiger charge is -2.01. The molecule has 0 bridgehead atoms. The van der Waals surface area contributed by atoms with Crippen LogP contribution < -0.4 is 5.73 Å². The molecule has 0 aromatic carbocycles. The second-order valence-electron chi connectivity index (χ2n) is 2.18.